The van der Waals surface area contributed by atoms with E-state index in [4.69, 9.17) is 68.1 Å². The van der Waals surface area contributed by atoms with Crippen molar-refractivity contribution in [1.82, 2.24) is 0 Å². The van der Waals surface area contributed by atoms with Gasteiger partial charge in [0.1, 0.15) is 72.1 Å². The monoisotopic (exact) mass is 1230 g/mol. The Balaban J connectivity index is 0.000000968. The first-order valence-corrected chi connectivity index (χ1v) is 28.8. The van der Waals surface area contributed by atoms with Gasteiger partial charge >= 0.3 is 11.9 Å². The molecule has 0 radical (unpaired) electrons. The van der Waals surface area contributed by atoms with E-state index >= 15 is 4.79 Å². The highest BCUT2D eigenvalue weighted by Gasteiger charge is 2.52. The molecule has 15 N–H and O–H groups in total. The number of carboxylic acids is 2. The van der Waals surface area contributed by atoms with Crippen molar-refractivity contribution < 1.29 is 138 Å². The molecule has 0 amide bonds. The van der Waals surface area contributed by atoms with Gasteiger partial charge in [-0.25, -0.2) is 0 Å². The first kappa shape index (κ1) is 69.1. The van der Waals surface area contributed by atoms with Crippen LogP contribution in [-0.4, -0.2) is 250 Å². The molecule has 26 atom stereocenters. The van der Waals surface area contributed by atoms with Gasteiger partial charge in [0.05, 0.1) is 77.6 Å². The van der Waals surface area contributed by atoms with Crippen LogP contribution in [0.3, 0.4) is 0 Å². The van der Waals surface area contributed by atoms with Crippen LogP contribution in [0.4, 0.5) is 0 Å². The molecule has 29 nitrogen and oxygen atoms in total. The minimum absolute atomic E-state index is 0.0231. The Morgan fingerprint density at radius 3 is 1.70 bits per heavy atom. The first-order chi connectivity index (χ1) is 40.2. The second-order valence-electron chi connectivity index (χ2n) is 23.6. The second kappa shape index (κ2) is 28.6. The summed E-state index contributed by atoms with van der Waals surface area (Å²) >= 11 is 0. The van der Waals surface area contributed by atoms with Crippen molar-refractivity contribution in [2.75, 3.05) is 7.11 Å². The maximum absolute atomic E-state index is 15.0. The number of phenols is 2. The molecule has 2 aromatic carbocycles. The third-order valence-corrected chi connectivity index (χ3v) is 16.9. The van der Waals surface area contributed by atoms with Crippen molar-refractivity contribution in [2.24, 2.45) is 11.7 Å². The fourth-order valence-electron chi connectivity index (χ4n) is 11.7. The summed E-state index contributed by atoms with van der Waals surface area (Å²) in [5.41, 5.74) is 3.53. The van der Waals surface area contributed by atoms with Crippen molar-refractivity contribution in [3.63, 3.8) is 0 Å². The predicted octanol–water partition coefficient (Wildman–Crippen LogP) is -0.986. The molecule has 86 heavy (non-hydrogen) atoms. The van der Waals surface area contributed by atoms with Crippen LogP contribution in [0, 0.1) is 12.8 Å². The number of methoxy groups -OCH3 is 1. The number of fused-ring (bicyclic) bond motifs is 2. The van der Waals surface area contributed by atoms with Crippen molar-refractivity contribution in [1.29, 1.82) is 0 Å². The number of aliphatic hydroxyl groups is 9. The third kappa shape index (κ3) is 15.6. The molecule has 0 bridgehead atoms. The van der Waals surface area contributed by atoms with Gasteiger partial charge in [-0.15, -0.1) is 0 Å². The number of aliphatic hydroxyl groups excluding tert-OH is 8. The molecule has 5 aliphatic heterocycles. The molecule has 0 spiro atoms. The Labute approximate surface area is 495 Å². The van der Waals surface area contributed by atoms with E-state index in [0.717, 1.165) is 0 Å². The highest BCUT2D eigenvalue weighted by Crippen LogP contribution is 2.48. The smallest absolute Gasteiger partial charge is 0.320 e. The Kier molecular flexibility index (Phi) is 23.0. The minimum Gasteiger partial charge on any atom is -0.507 e. The quantitative estimate of drug-likeness (QED) is 0.0803. The Morgan fingerprint density at radius 1 is 0.709 bits per heavy atom. The number of aromatic hydroxyl groups is 2. The van der Waals surface area contributed by atoms with Gasteiger partial charge in [0.25, 0.3) is 0 Å². The largest absolute Gasteiger partial charge is 0.507 e. The van der Waals surface area contributed by atoms with Gasteiger partial charge in [-0.3, -0.25) is 19.2 Å². The summed E-state index contributed by atoms with van der Waals surface area (Å²) in [5, 5.41) is 137. The number of carbonyl (C=O) groups excluding carboxylic acids is 2. The van der Waals surface area contributed by atoms with Crippen LogP contribution in [-0.2, 0) is 68.2 Å². The van der Waals surface area contributed by atoms with E-state index in [-0.39, 0.29) is 84.6 Å². The number of phenolic OH excluding ortho intramolecular Hbond substituents is 2. The maximum atomic E-state index is 15.0. The molecule has 29 heteroatoms. The van der Waals surface area contributed by atoms with E-state index in [1.165, 1.54) is 46.9 Å². The summed E-state index contributed by atoms with van der Waals surface area (Å²) in [5.74, 6) is -6.27. The Morgan fingerprint density at radius 2 is 1.20 bits per heavy atom. The van der Waals surface area contributed by atoms with Crippen molar-refractivity contribution >= 4 is 34.3 Å². The van der Waals surface area contributed by atoms with Crippen LogP contribution in [0.15, 0.2) is 12.1 Å². The topological polar surface area (TPSA) is 459 Å². The number of hydrogen-bond donors (Lipinski definition) is 14. The molecule has 486 valence electrons. The van der Waals surface area contributed by atoms with E-state index in [1.807, 2.05) is 0 Å². The van der Waals surface area contributed by atoms with Crippen LogP contribution < -0.4 is 10.5 Å². The number of hydrogen-bond acceptors (Lipinski definition) is 27. The summed E-state index contributed by atoms with van der Waals surface area (Å²) in [6.45, 7) is 12.1. The van der Waals surface area contributed by atoms with Gasteiger partial charge in [0.2, 0.25) is 6.29 Å². The number of carboxylic acid groups (broad SMARTS) is 2. The lowest BCUT2D eigenvalue weighted by atomic mass is 9.75. The first-order valence-electron chi connectivity index (χ1n) is 28.8. The Hall–Kier alpha value is -4.42. The fourth-order valence-corrected chi connectivity index (χ4v) is 11.7. The molecule has 2 unspecified atom stereocenters. The van der Waals surface area contributed by atoms with Crippen LogP contribution in [0.1, 0.15) is 115 Å². The van der Waals surface area contributed by atoms with E-state index in [0.29, 0.717) is 0 Å². The lowest BCUT2D eigenvalue weighted by Crippen LogP contribution is -2.58. The fraction of sp³-hybridized carbons (Fsp3) is 0.754. The molecule has 8 rings (SSSR count). The van der Waals surface area contributed by atoms with Crippen LogP contribution in [0.2, 0.25) is 0 Å². The molecular weight excluding hydrogens is 1150 g/mol. The van der Waals surface area contributed by atoms with E-state index in [9.17, 15) is 70.6 Å². The average molecular weight is 1230 g/mol. The van der Waals surface area contributed by atoms with Gasteiger partial charge in [0, 0.05) is 57.1 Å². The highest BCUT2D eigenvalue weighted by molar-refractivity contribution is 6.11. The lowest BCUT2D eigenvalue weighted by Gasteiger charge is -2.46. The van der Waals surface area contributed by atoms with Crippen LogP contribution >= 0.6 is 0 Å². The van der Waals surface area contributed by atoms with Gasteiger partial charge in [-0.1, -0.05) is 0 Å². The SMILES string of the molecule is CO[C@H](C(=O)[C@@H](O)[C@@H](C)O)C1Cc2cc3cc(O[C@H]4C[C@@H](O[C@H]5C[C@@H](O)[C@H](O)[C@@H](C)O5)[C@@H](O)[C@@H](C)O4)c(C)c(O)c3c(O)c2C(=O)[C@H]1O[C@H]1C[C@@H](O[C@H]2C[C@@H](O[C@H]3C[C@](C)(O)[C@H](O)[C@@H](C)O3)[C@H](O)[C@@H](C)O2)[C@H](O)[C@@H](C)O1.NC(CCC(=O)O)C(=O)O. The number of nitrogens with two attached hydrogens (primary N) is 1. The average Bonchev–Trinajstić information content (AvgIpc) is 0.750. The zero-order chi connectivity index (χ0) is 63.7. The van der Waals surface area contributed by atoms with Gasteiger partial charge < -0.3 is 124 Å². The molecule has 0 aromatic heterocycles. The summed E-state index contributed by atoms with van der Waals surface area (Å²) in [4.78, 5) is 48.8. The standard InChI is InChI=1S/C52H76O24.C5H9NO4/c1-18-29(72-34-14-30(43(58)21(4)68-34)73-33-13-28(54)42(57)20(3)67-33)12-26-10-25-11-27(49(66-9)48(63)41(56)19(2)53)50(47(62)39(25)46(61)38(26)40(18)55)76-36-16-31(44(59)23(6)70-36)74-35-15-32(45(60)22(5)69-35)75-37-17-52(8,65)51(64)24(7)71-37;6-3(5(9)10)1-2-4(7)8/h10,12,19-24,27-28,30-37,41-45,49-51,53-61,64-65H,11,13-17H2,1-9H3;3H,1-2,6H2,(H,7,8)(H,9,10)/t19-,20-,21-,22-,23-,24-,27?,28-,30-,31-,32-,33+,34+,35+,36+,37+,41+,42-,43+,44-,45-,49+,50+,51-,52+;/m1./s1. The van der Waals surface area contributed by atoms with Gasteiger partial charge in [0.15, 0.2) is 36.7 Å². The highest BCUT2D eigenvalue weighted by atomic mass is 16.7. The zero-order valence-corrected chi connectivity index (χ0v) is 49.3. The van der Waals surface area contributed by atoms with E-state index in [2.05, 4.69) is 0 Å². The zero-order valence-electron chi connectivity index (χ0n) is 49.3. The minimum atomic E-state index is -1.95. The van der Waals surface area contributed by atoms with E-state index in [1.54, 1.807) is 27.7 Å². The summed E-state index contributed by atoms with van der Waals surface area (Å²) in [6, 6.07) is 1.97. The number of carbonyl (C=O) groups is 4. The number of benzene rings is 2. The van der Waals surface area contributed by atoms with Crippen LogP contribution in [0.25, 0.3) is 10.8 Å². The number of ether oxygens (including phenoxy) is 11. The van der Waals surface area contributed by atoms with Crippen LogP contribution in [0.5, 0.6) is 17.2 Å². The third-order valence-electron chi connectivity index (χ3n) is 16.9. The molecule has 6 aliphatic rings. The number of ketones is 2. The molecule has 0 saturated carbocycles. The molecule has 5 heterocycles. The van der Waals surface area contributed by atoms with Crippen molar-refractivity contribution in [3.05, 3.63) is 28.8 Å². The summed E-state index contributed by atoms with van der Waals surface area (Å²) in [7, 11) is 1.18. The number of rotatable bonds is 19. The number of aliphatic carboxylic acids is 2. The lowest BCUT2D eigenvalue weighted by molar-refractivity contribution is -0.334. The molecule has 5 fully saturated rings. The maximum Gasteiger partial charge on any atom is 0.320 e. The van der Waals surface area contributed by atoms with Gasteiger partial charge in [-0.2, -0.15) is 0 Å². The molecule has 2 aromatic rings. The summed E-state index contributed by atoms with van der Waals surface area (Å²) in [6.07, 6.45) is -27.2. The number of Topliss-reactive ketones (excluding diaryl/α,β-unsaturated/α-hetero) is 2. The normalized spacial score (nSPS) is 39.0. The van der Waals surface area contributed by atoms with E-state index < -0.39 is 194 Å². The Bertz CT molecular complexity index is 2660. The molecular formula is C57H85NO28. The van der Waals surface area contributed by atoms with Crippen molar-refractivity contribution in [2.45, 2.75) is 260 Å². The molecule has 1 aliphatic carbocycles. The second-order valence-corrected chi connectivity index (χ2v) is 23.6. The van der Waals surface area contributed by atoms with Gasteiger partial charge in [-0.05, 0) is 91.3 Å². The summed E-state index contributed by atoms with van der Waals surface area (Å²) < 4.78 is 66.5. The molecule has 5 saturated heterocycles. The predicted molar refractivity (Wildman–Crippen MR) is 291 cm³/mol. The van der Waals surface area contributed by atoms with Crippen molar-refractivity contribution in [3.8, 4) is 17.2 Å².